The van der Waals surface area contributed by atoms with E-state index < -0.39 is 10.5 Å². The summed E-state index contributed by atoms with van der Waals surface area (Å²) >= 11 is 0. The average molecular weight is 396 g/mol. The van der Waals surface area contributed by atoms with Crippen LogP contribution in [0.2, 0.25) is 0 Å². The number of non-ortho nitro benzene ring substituents is 1. The van der Waals surface area contributed by atoms with Gasteiger partial charge in [-0.25, -0.2) is 0 Å². The zero-order valence-corrected chi connectivity index (χ0v) is 16.7. The highest BCUT2D eigenvalue weighted by Crippen LogP contribution is 2.34. The smallest absolute Gasteiger partial charge is 0.270 e. The van der Waals surface area contributed by atoms with Crippen LogP contribution in [-0.4, -0.2) is 30.1 Å². The molecule has 0 bridgehead atoms. The summed E-state index contributed by atoms with van der Waals surface area (Å²) in [7, 11) is 1.55. The first-order valence-corrected chi connectivity index (χ1v) is 9.22. The molecule has 1 N–H and O–H groups in total. The van der Waals surface area contributed by atoms with Crippen molar-refractivity contribution in [1.29, 1.82) is 0 Å². The first-order chi connectivity index (χ1) is 13.9. The first-order valence-electron chi connectivity index (χ1n) is 9.22. The van der Waals surface area contributed by atoms with Crippen molar-refractivity contribution in [3.8, 4) is 35.0 Å². The number of amides is 1. The molecule has 0 aromatic heterocycles. The van der Waals surface area contributed by atoms with Crippen molar-refractivity contribution in [2.45, 2.75) is 32.2 Å². The van der Waals surface area contributed by atoms with Crippen LogP contribution in [0.1, 0.15) is 26.7 Å². The van der Waals surface area contributed by atoms with E-state index in [1.165, 1.54) is 18.2 Å². The molecule has 29 heavy (non-hydrogen) atoms. The van der Waals surface area contributed by atoms with Crippen LogP contribution in [0.15, 0.2) is 42.5 Å². The number of nitro groups is 1. The van der Waals surface area contributed by atoms with E-state index >= 15 is 0 Å². The first kappa shape index (κ1) is 21.8. The maximum Gasteiger partial charge on any atom is 0.270 e. The van der Waals surface area contributed by atoms with Gasteiger partial charge in [0.05, 0.1) is 12.0 Å². The van der Waals surface area contributed by atoms with Crippen LogP contribution in [0.3, 0.4) is 0 Å². The van der Waals surface area contributed by atoms with E-state index in [9.17, 15) is 14.9 Å². The van der Waals surface area contributed by atoms with Gasteiger partial charge in [0.2, 0.25) is 0 Å². The second kappa shape index (κ2) is 9.60. The lowest BCUT2D eigenvalue weighted by molar-refractivity contribution is -0.384. The Morgan fingerprint density at radius 1 is 1.21 bits per heavy atom. The average Bonchev–Trinajstić information content (AvgIpc) is 2.76. The van der Waals surface area contributed by atoms with E-state index in [-0.39, 0.29) is 18.2 Å². The highest BCUT2D eigenvalue weighted by atomic mass is 16.6. The second-order valence-electron chi connectivity index (χ2n) is 6.44. The van der Waals surface area contributed by atoms with Gasteiger partial charge in [0, 0.05) is 17.7 Å². The molecule has 0 saturated carbocycles. The van der Waals surface area contributed by atoms with Crippen molar-refractivity contribution in [2.24, 2.45) is 0 Å². The molecule has 2 aromatic carbocycles. The quantitative estimate of drug-likeness (QED) is 0.394. The number of nitrogens with zero attached hydrogens (tertiary/aromatic N) is 1. The van der Waals surface area contributed by atoms with Gasteiger partial charge in [-0.05, 0) is 36.6 Å². The molecule has 0 aliphatic heterocycles. The van der Waals surface area contributed by atoms with Crippen LogP contribution < -0.4 is 14.8 Å². The molecule has 0 saturated heterocycles. The van der Waals surface area contributed by atoms with Gasteiger partial charge in [-0.1, -0.05) is 31.9 Å². The summed E-state index contributed by atoms with van der Waals surface area (Å²) in [5.41, 5.74) is 0.416. The van der Waals surface area contributed by atoms with Gasteiger partial charge in [-0.2, -0.15) is 0 Å². The Hall–Kier alpha value is -3.53. The number of nitro benzene ring substituents is 1. The largest absolute Gasteiger partial charge is 0.497 e. The monoisotopic (exact) mass is 396 g/mol. The van der Waals surface area contributed by atoms with Crippen molar-refractivity contribution >= 4 is 11.6 Å². The summed E-state index contributed by atoms with van der Waals surface area (Å²) in [6, 6.07) is 11.3. The summed E-state index contributed by atoms with van der Waals surface area (Å²) in [4.78, 5) is 23.1. The minimum absolute atomic E-state index is 0.0732. The summed E-state index contributed by atoms with van der Waals surface area (Å²) < 4.78 is 10.8. The number of methoxy groups -OCH3 is 1. The Morgan fingerprint density at radius 3 is 2.38 bits per heavy atom. The highest BCUT2D eigenvalue weighted by molar-refractivity contribution is 5.80. The third-order valence-electron chi connectivity index (χ3n) is 4.80. The third-order valence-corrected chi connectivity index (χ3v) is 4.80. The fourth-order valence-corrected chi connectivity index (χ4v) is 2.87. The number of nitrogens with one attached hydrogen (secondary N) is 1. The number of rotatable bonds is 9. The van der Waals surface area contributed by atoms with Crippen LogP contribution in [0, 0.1) is 22.5 Å². The number of ether oxygens (including phenoxy) is 2. The molecule has 0 aliphatic rings. The highest BCUT2D eigenvalue weighted by Gasteiger charge is 2.25. The van der Waals surface area contributed by atoms with Crippen LogP contribution in [0.5, 0.6) is 11.5 Å². The lowest BCUT2D eigenvalue weighted by Gasteiger charge is -2.27. The maximum atomic E-state index is 12.4. The van der Waals surface area contributed by atoms with Crippen molar-refractivity contribution in [3.05, 3.63) is 52.6 Å². The predicted octanol–water partition coefficient (Wildman–Crippen LogP) is 3.96. The Morgan fingerprint density at radius 2 is 1.86 bits per heavy atom. The van der Waals surface area contributed by atoms with Crippen LogP contribution in [-0.2, 0) is 4.79 Å². The van der Waals surface area contributed by atoms with Gasteiger partial charge in [-0.15, -0.1) is 6.42 Å². The number of benzene rings is 2. The van der Waals surface area contributed by atoms with E-state index in [0.29, 0.717) is 35.5 Å². The molecule has 152 valence electrons. The third kappa shape index (κ3) is 5.26. The van der Waals surface area contributed by atoms with Crippen molar-refractivity contribution in [1.82, 2.24) is 5.32 Å². The Labute approximate surface area is 170 Å². The Balaban J connectivity index is 2.26. The van der Waals surface area contributed by atoms with Gasteiger partial charge >= 0.3 is 0 Å². The molecule has 0 unspecified atom stereocenters. The Bertz CT molecular complexity index is 912. The maximum absolute atomic E-state index is 12.4. The van der Waals surface area contributed by atoms with Crippen molar-refractivity contribution in [2.75, 3.05) is 13.7 Å². The minimum Gasteiger partial charge on any atom is -0.497 e. The lowest BCUT2D eigenvalue weighted by atomic mass is 9.94. The van der Waals surface area contributed by atoms with Crippen molar-refractivity contribution < 1.29 is 19.2 Å². The van der Waals surface area contributed by atoms with E-state index in [0.717, 1.165) is 0 Å². The van der Waals surface area contributed by atoms with Crippen molar-refractivity contribution in [3.63, 3.8) is 0 Å². The topological polar surface area (TPSA) is 90.7 Å². The van der Waals surface area contributed by atoms with Crippen LogP contribution in [0.4, 0.5) is 5.69 Å². The van der Waals surface area contributed by atoms with E-state index in [4.69, 9.17) is 15.9 Å². The summed E-state index contributed by atoms with van der Waals surface area (Å²) in [5.74, 6) is 3.30. The van der Waals surface area contributed by atoms with Crippen LogP contribution in [0.25, 0.3) is 11.1 Å². The Kier molecular flexibility index (Phi) is 7.21. The minimum atomic E-state index is -0.714. The molecular formula is C22H24N2O5. The van der Waals surface area contributed by atoms with Crippen LogP contribution >= 0.6 is 0 Å². The molecule has 0 fully saturated rings. The van der Waals surface area contributed by atoms with Gasteiger partial charge < -0.3 is 14.8 Å². The number of carbonyl (C=O) groups excluding carboxylic acids is 1. The van der Waals surface area contributed by atoms with E-state index in [1.807, 2.05) is 13.8 Å². The van der Waals surface area contributed by atoms with Gasteiger partial charge in [0.15, 0.2) is 6.61 Å². The molecular weight excluding hydrogens is 372 g/mol. The zero-order chi connectivity index (χ0) is 21.4. The molecule has 0 spiro atoms. The van der Waals surface area contributed by atoms with E-state index in [2.05, 4.69) is 11.2 Å². The zero-order valence-electron chi connectivity index (χ0n) is 16.7. The summed E-state index contributed by atoms with van der Waals surface area (Å²) in [6.45, 7) is 3.55. The summed E-state index contributed by atoms with van der Waals surface area (Å²) in [5, 5.41) is 14.0. The molecule has 0 atom stereocenters. The molecule has 2 rings (SSSR count). The fraction of sp³-hybridized carbons (Fsp3) is 0.318. The second-order valence-corrected chi connectivity index (χ2v) is 6.44. The number of carbonyl (C=O) groups is 1. The lowest BCUT2D eigenvalue weighted by Crippen LogP contribution is -2.48. The SMILES string of the molecule is C#CC(CC)(CC)NC(=O)COc1ccc([N+](=O)[O-])cc1-c1ccc(OC)cc1. The standard InChI is InChI=1S/C22H24N2O5/c1-5-22(6-2,7-3)23-21(25)15-29-20-13-10-17(24(26)27)14-19(20)16-8-11-18(28-4)12-9-16/h1,8-14H,6-7,15H2,2-4H3,(H,23,25). The van der Waals surface area contributed by atoms with E-state index in [1.54, 1.807) is 31.4 Å². The molecule has 0 aliphatic carbocycles. The molecule has 0 heterocycles. The summed E-state index contributed by atoms with van der Waals surface area (Å²) in [6.07, 6.45) is 6.77. The normalized spacial score (nSPS) is 10.7. The molecule has 1 amide bonds. The molecule has 2 aromatic rings. The number of hydrogen-bond acceptors (Lipinski definition) is 5. The molecule has 7 nitrogen and oxygen atoms in total. The fourth-order valence-electron chi connectivity index (χ4n) is 2.87. The predicted molar refractivity (Wildman–Crippen MR) is 111 cm³/mol. The van der Waals surface area contributed by atoms with Gasteiger partial charge in [0.25, 0.3) is 11.6 Å². The number of hydrogen-bond donors (Lipinski definition) is 1. The van der Waals surface area contributed by atoms with Gasteiger partial charge in [0.1, 0.15) is 17.0 Å². The number of terminal acetylenes is 1. The van der Waals surface area contributed by atoms with Gasteiger partial charge in [-0.3, -0.25) is 14.9 Å². The molecule has 7 heteroatoms. The molecule has 0 radical (unpaired) electrons.